The van der Waals surface area contributed by atoms with Crippen LogP contribution in [0.5, 0.6) is 0 Å². The third kappa shape index (κ3) is 5.28. The molecule has 2 aliphatic rings. The number of benzene rings is 1. The summed E-state index contributed by atoms with van der Waals surface area (Å²) < 4.78 is 0. The van der Waals surface area contributed by atoms with Gasteiger partial charge in [-0.25, -0.2) is 0 Å². The van der Waals surface area contributed by atoms with Crippen molar-refractivity contribution in [3.63, 3.8) is 0 Å². The summed E-state index contributed by atoms with van der Waals surface area (Å²) in [6.07, 6.45) is 12.3. The van der Waals surface area contributed by atoms with Crippen molar-refractivity contribution < 1.29 is 35.9 Å². The molecule has 1 atom stereocenters. The van der Waals surface area contributed by atoms with Crippen molar-refractivity contribution >= 4 is 5.91 Å². The maximum absolute atomic E-state index is 12.8. The Morgan fingerprint density at radius 3 is 2.69 bits per heavy atom. The van der Waals surface area contributed by atoms with Gasteiger partial charge in [-0.05, 0) is 31.4 Å². The zero-order chi connectivity index (χ0) is 19.3. The maximum Gasteiger partial charge on any atom is 0.255 e. The van der Waals surface area contributed by atoms with Crippen molar-refractivity contribution in [1.29, 1.82) is 0 Å². The first-order chi connectivity index (χ1) is 13.7. The SMILES string of the molecule is Cc1cncc(C(=O)N2CCN(C(C3=CC=CCC3)c3c[c-]ccc3)CC2)c1.[U]. The molecule has 1 aliphatic heterocycles. The van der Waals surface area contributed by atoms with Crippen LogP contribution in [-0.4, -0.2) is 46.9 Å². The standard InChI is InChI=1S/C24H26N3O.U/c1-19-16-22(18-25-17-19)24(28)27-14-12-26(13-15-27)23(20-8-4-2-5-9-20)21-10-6-3-7-11-21;/h2-4,6,8,10-11,16-18,23H,5,9,12-15H2,1H3;/q-1;. The Morgan fingerprint density at radius 2 is 2.03 bits per heavy atom. The first kappa shape index (κ1) is 22.0. The van der Waals surface area contributed by atoms with Crippen LogP contribution in [-0.2, 0) is 0 Å². The Balaban J connectivity index is 0.00000240. The molecule has 148 valence electrons. The number of allylic oxidation sites excluding steroid dienone is 3. The minimum atomic E-state index is 0. The fourth-order valence-electron chi connectivity index (χ4n) is 4.12. The van der Waals surface area contributed by atoms with Crippen LogP contribution in [0.3, 0.4) is 0 Å². The first-order valence-corrected chi connectivity index (χ1v) is 9.99. The monoisotopic (exact) mass is 610 g/mol. The van der Waals surface area contributed by atoms with Gasteiger partial charge in [-0.3, -0.25) is 14.7 Å². The molecule has 1 unspecified atom stereocenters. The third-order valence-corrected chi connectivity index (χ3v) is 5.53. The van der Waals surface area contributed by atoms with Crippen molar-refractivity contribution in [2.24, 2.45) is 0 Å². The Bertz CT molecular complexity index is 886. The molecule has 29 heavy (non-hydrogen) atoms. The number of pyridine rings is 1. The van der Waals surface area contributed by atoms with Crippen molar-refractivity contribution in [1.82, 2.24) is 14.8 Å². The predicted octanol–water partition coefficient (Wildman–Crippen LogP) is 3.97. The molecule has 4 rings (SSSR count). The minimum Gasteiger partial charge on any atom is -0.336 e. The summed E-state index contributed by atoms with van der Waals surface area (Å²) in [5.74, 6) is 0.0836. The van der Waals surface area contributed by atoms with Crippen molar-refractivity contribution in [3.05, 3.63) is 89.3 Å². The van der Waals surface area contributed by atoms with E-state index in [1.165, 1.54) is 11.1 Å². The van der Waals surface area contributed by atoms with Gasteiger partial charge in [0.1, 0.15) is 0 Å². The molecule has 0 bridgehead atoms. The summed E-state index contributed by atoms with van der Waals surface area (Å²) in [4.78, 5) is 21.5. The molecule has 1 fully saturated rings. The summed E-state index contributed by atoms with van der Waals surface area (Å²) in [5, 5.41) is 0. The summed E-state index contributed by atoms with van der Waals surface area (Å²) in [6.45, 7) is 5.18. The van der Waals surface area contributed by atoms with E-state index in [0.717, 1.165) is 44.6 Å². The molecule has 0 radical (unpaired) electrons. The van der Waals surface area contributed by atoms with E-state index in [1.807, 2.05) is 24.0 Å². The molecular formula is C24H26N3OU-. The predicted molar refractivity (Wildman–Crippen MR) is 111 cm³/mol. The normalized spacial score (nSPS) is 18.0. The van der Waals surface area contributed by atoms with Crippen LogP contribution in [0, 0.1) is 44.1 Å². The number of hydrogen-bond donors (Lipinski definition) is 0. The molecule has 2 heterocycles. The van der Waals surface area contributed by atoms with E-state index in [-0.39, 0.29) is 43.1 Å². The van der Waals surface area contributed by atoms with E-state index in [4.69, 9.17) is 0 Å². The number of nitrogens with zero attached hydrogens (tertiary/aromatic N) is 3. The molecule has 5 heteroatoms. The average molecular weight is 611 g/mol. The van der Waals surface area contributed by atoms with Crippen molar-refractivity contribution in [2.75, 3.05) is 26.2 Å². The maximum atomic E-state index is 12.8. The van der Waals surface area contributed by atoms with Gasteiger partial charge in [-0.2, -0.15) is 30.3 Å². The zero-order valence-electron chi connectivity index (χ0n) is 16.8. The van der Waals surface area contributed by atoms with Gasteiger partial charge in [0.2, 0.25) is 0 Å². The summed E-state index contributed by atoms with van der Waals surface area (Å²) in [5.41, 5.74) is 4.43. The fraction of sp³-hybridized carbons (Fsp3) is 0.333. The van der Waals surface area contributed by atoms with Gasteiger partial charge in [0, 0.05) is 75.7 Å². The number of carbonyl (C=O) groups excluding carboxylic acids is 1. The second-order valence-electron chi connectivity index (χ2n) is 7.53. The molecule has 0 saturated carbocycles. The molecule has 1 amide bonds. The molecule has 0 N–H and O–H groups in total. The molecule has 1 aromatic heterocycles. The van der Waals surface area contributed by atoms with Gasteiger partial charge < -0.3 is 4.90 Å². The second kappa shape index (κ2) is 10.4. The largest absolute Gasteiger partial charge is 0.336 e. The molecule has 1 saturated heterocycles. The van der Waals surface area contributed by atoms with Crippen LogP contribution in [0.1, 0.15) is 40.4 Å². The first-order valence-electron chi connectivity index (χ1n) is 9.99. The molecule has 4 nitrogen and oxygen atoms in total. The molecule has 1 aromatic carbocycles. The third-order valence-electron chi connectivity index (χ3n) is 5.53. The van der Waals surface area contributed by atoms with Crippen LogP contribution in [0.2, 0.25) is 0 Å². The van der Waals surface area contributed by atoms with E-state index in [0.29, 0.717) is 5.56 Å². The topological polar surface area (TPSA) is 36.4 Å². The number of hydrogen-bond acceptors (Lipinski definition) is 3. The molecule has 2 aromatic rings. The summed E-state index contributed by atoms with van der Waals surface area (Å²) in [7, 11) is 0. The Hall–Kier alpha value is -1.67. The zero-order valence-corrected chi connectivity index (χ0v) is 21.0. The summed E-state index contributed by atoms with van der Waals surface area (Å²) in [6, 6.07) is 13.7. The number of rotatable bonds is 4. The molecule has 0 spiro atoms. The van der Waals surface area contributed by atoms with Gasteiger partial charge in [-0.1, -0.05) is 23.8 Å². The van der Waals surface area contributed by atoms with Crippen LogP contribution < -0.4 is 0 Å². The van der Waals surface area contributed by atoms with E-state index >= 15 is 0 Å². The van der Waals surface area contributed by atoms with Crippen molar-refractivity contribution in [3.8, 4) is 0 Å². The summed E-state index contributed by atoms with van der Waals surface area (Å²) >= 11 is 0. The van der Waals surface area contributed by atoms with Gasteiger partial charge in [-0.15, -0.1) is 5.56 Å². The van der Waals surface area contributed by atoms with E-state index in [9.17, 15) is 4.79 Å². The van der Waals surface area contributed by atoms with Crippen molar-refractivity contribution in [2.45, 2.75) is 25.8 Å². The quantitative estimate of drug-likeness (QED) is 0.492. The minimum absolute atomic E-state index is 0. The van der Waals surface area contributed by atoms with Crippen LogP contribution in [0.15, 0.2) is 66.5 Å². The number of piperazine rings is 1. The van der Waals surface area contributed by atoms with Gasteiger partial charge >= 0.3 is 0 Å². The Kier molecular flexibility index (Phi) is 7.89. The van der Waals surface area contributed by atoms with Crippen LogP contribution in [0.25, 0.3) is 0 Å². The van der Waals surface area contributed by atoms with Gasteiger partial charge in [0.05, 0.1) is 5.56 Å². The van der Waals surface area contributed by atoms with Crippen LogP contribution in [0.4, 0.5) is 0 Å². The molecule has 1 aliphatic carbocycles. The van der Waals surface area contributed by atoms with Gasteiger partial charge in [0.25, 0.3) is 5.91 Å². The number of aryl methyl sites for hydroxylation is 1. The molecular weight excluding hydrogens is 584 g/mol. The number of carbonyl (C=O) groups is 1. The Morgan fingerprint density at radius 1 is 1.21 bits per heavy atom. The second-order valence-corrected chi connectivity index (χ2v) is 7.53. The number of amides is 1. The smallest absolute Gasteiger partial charge is 0.255 e. The fourth-order valence-corrected chi connectivity index (χ4v) is 4.12. The van der Waals surface area contributed by atoms with E-state index in [2.05, 4.69) is 52.4 Å². The van der Waals surface area contributed by atoms with Gasteiger partial charge in [0.15, 0.2) is 0 Å². The number of aromatic nitrogens is 1. The van der Waals surface area contributed by atoms with E-state index < -0.39 is 0 Å². The van der Waals surface area contributed by atoms with Crippen LogP contribution >= 0.6 is 0 Å². The Labute approximate surface area is 197 Å². The van der Waals surface area contributed by atoms with E-state index in [1.54, 1.807) is 12.4 Å². The average Bonchev–Trinajstić information content (AvgIpc) is 2.75.